The van der Waals surface area contributed by atoms with Crippen LogP contribution in [0.2, 0.25) is 0 Å². The molecule has 2 N–H and O–H groups in total. The number of nitrogens with zero attached hydrogens (tertiary/aromatic N) is 4. The van der Waals surface area contributed by atoms with Gasteiger partial charge in [0.25, 0.3) is 0 Å². The van der Waals surface area contributed by atoms with E-state index in [1.54, 1.807) is 23.1 Å². The maximum atomic E-state index is 6.37. The van der Waals surface area contributed by atoms with Crippen molar-refractivity contribution in [1.29, 1.82) is 0 Å². The number of benzene rings is 1. The molecule has 1 atom stereocenters. The first-order valence-electron chi connectivity index (χ1n) is 8.19. The summed E-state index contributed by atoms with van der Waals surface area (Å²) in [4.78, 5) is 8.89. The Balaban J connectivity index is 1.59. The molecule has 5 rings (SSSR count). The van der Waals surface area contributed by atoms with Gasteiger partial charge in [0.15, 0.2) is 17.1 Å². The highest BCUT2D eigenvalue weighted by atomic mass is 16.7. The maximum Gasteiger partial charge on any atom is 0.231 e. The SMILES string of the molecule is NC(c1cccnc1)c1ccn2ncc(-c3ccc4c(c3)OCO4)c2n1. The summed E-state index contributed by atoms with van der Waals surface area (Å²) in [5, 5.41) is 4.39. The zero-order chi connectivity index (χ0) is 17.5. The number of hydrogen-bond donors (Lipinski definition) is 1. The van der Waals surface area contributed by atoms with Gasteiger partial charge in [-0.2, -0.15) is 5.10 Å². The molecule has 0 amide bonds. The summed E-state index contributed by atoms with van der Waals surface area (Å²) in [6, 6.07) is 11.1. The topological polar surface area (TPSA) is 87.6 Å². The minimum Gasteiger partial charge on any atom is -0.454 e. The highest BCUT2D eigenvalue weighted by Gasteiger charge is 2.17. The van der Waals surface area contributed by atoms with E-state index in [0.717, 1.165) is 39.5 Å². The lowest BCUT2D eigenvalue weighted by molar-refractivity contribution is 0.174. The molecule has 4 aromatic rings. The Hall–Kier alpha value is -3.45. The van der Waals surface area contributed by atoms with Gasteiger partial charge in [0.1, 0.15) is 0 Å². The van der Waals surface area contributed by atoms with Crippen LogP contribution in [0, 0.1) is 0 Å². The predicted molar refractivity (Wildman–Crippen MR) is 94.8 cm³/mol. The Morgan fingerprint density at radius 1 is 1.08 bits per heavy atom. The highest BCUT2D eigenvalue weighted by molar-refractivity contribution is 5.78. The number of rotatable bonds is 3. The zero-order valence-corrected chi connectivity index (χ0v) is 13.7. The minimum atomic E-state index is -0.354. The van der Waals surface area contributed by atoms with Crippen LogP contribution < -0.4 is 15.2 Å². The van der Waals surface area contributed by atoms with Gasteiger partial charge in [-0.1, -0.05) is 12.1 Å². The average Bonchev–Trinajstić information content (AvgIpc) is 3.33. The summed E-state index contributed by atoms with van der Waals surface area (Å²) >= 11 is 0. The van der Waals surface area contributed by atoms with Crippen LogP contribution in [0.1, 0.15) is 17.3 Å². The fraction of sp³-hybridized carbons (Fsp3) is 0.105. The van der Waals surface area contributed by atoms with Gasteiger partial charge in [-0.15, -0.1) is 0 Å². The third-order valence-corrected chi connectivity index (χ3v) is 4.44. The molecule has 3 aromatic heterocycles. The van der Waals surface area contributed by atoms with Crippen LogP contribution >= 0.6 is 0 Å². The molecular weight excluding hydrogens is 330 g/mol. The molecular formula is C19H15N5O2. The molecule has 0 aliphatic carbocycles. The van der Waals surface area contributed by atoms with E-state index in [1.165, 1.54) is 0 Å². The lowest BCUT2D eigenvalue weighted by Gasteiger charge is -2.11. The van der Waals surface area contributed by atoms with Crippen molar-refractivity contribution in [3.8, 4) is 22.6 Å². The Morgan fingerprint density at radius 3 is 2.88 bits per heavy atom. The van der Waals surface area contributed by atoms with Gasteiger partial charge < -0.3 is 15.2 Å². The third-order valence-electron chi connectivity index (χ3n) is 4.44. The molecule has 0 fully saturated rings. The first-order valence-corrected chi connectivity index (χ1v) is 8.19. The second kappa shape index (κ2) is 5.82. The second-order valence-electron chi connectivity index (χ2n) is 6.01. The van der Waals surface area contributed by atoms with Crippen LogP contribution in [0.15, 0.2) is 61.2 Å². The molecule has 0 saturated carbocycles. The van der Waals surface area contributed by atoms with E-state index >= 15 is 0 Å². The summed E-state index contributed by atoms with van der Waals surface area (Å²) in [7, 11) is 0. The molecule has 1 aliphatic heterocycles. The van der Waals surface area contributed by atoms with E-state index in [-0.39, 0.29) is 12.8 Å². The van der Waals surface area contributed by atoms with Gasteiger partial charge in [-0.25, -0.2) is 9.50 Å². The normalized spacial score (nSPS) is 13.9. The first kappa shape index (κ1) is 14.9. The Bertz CT molecular complexity index is 1090. The van der Waals surface area contributed by atoms with Gasteiger partial charge in [0, 0.05) is 24.2 Å². The van der Waals surface area contributed by atoms with Crippen molar-refractivity contribution in [2.75, 3.05) is 6.79 Å². The first-order chi connectivity index (χ1) is 12.8. The van der Waals surface area contributed by atoms with Crippen LogP contribution in [-0.4, -0.2) is 26.4 Å². The minimum absolute atomic E-state index is 0.246. The molecule has 1 unspecified atom stereocenters. The summed E-state index contributed by atoms with van der Waals surface area (Å²) in [6.07, 6.45) is 7.14. The molecule has 26 heavy (non-hydrogen) atoms. The fourth-order valence-electron chi connectivity index (χ4n) is 3.05. The summed E-state index contributed by atoms with van der Waals surface area (Å²) in [6.45, 7) is 0.246. The predicted octanol–water partition coefficient (Wildman–Crippen LogP) is 2.57. The molecule has 1 aliphatic rings. The molecule has 4 heterocycles. The molecule has 128 valence electrons. The van der Waals surface area contributed by atoms with Crippen LogP contribution in [-0.2, 0) is 0 Å². The summed E-state index contributed by atoms with van der Waals surface area (Å²) in [5.74, 6) is 1.47. The Kier molecular flexibility index (Phi) is 3.32. The second-order valence-corrected chi connectivity index (χ2v) is 6.01. The van der Waals surface area contributed by atoms with Crippen molar-refractivity contribution in [3.05, 3.63) is 72.4 Å². The smallest absolute Gasteiger partial charge is 0.231 e. The number of ether oxygens (including phenoxy) is 2. The zero-order valence-electron chi connectivity index (χ0n) is 13.7. The Labute approximate surface area is 149 Å². The number of pyridine rings is 1. The molecule has 7 nitrogen and oxygen atoms in total. The van der Waals surface area contributed by atoms with Crippen molar-refractivity contribution < 1.29 is 9.47 Å². The molecule has 0 spiro atoms. The van der Waals surface area contributed by atoms with Crippen LogP contribution in [0.25, 0.3) is 16.8 Å². The van der Waals surface area contributed by atoms with Crippen LogP contribution in [0.4, 0.5) is 0 Å². The lowest BCUT2D eigenvalue weighted by atomic mass is 10.1. The van der Waals surface area contributed by atoms with Gasteiger partial charge in [0.05, 0.1) is 17.9 Å². The van der Waals surface area contributed by atoms with E-state index < -0.39 is 0 Å². The van der Waals surface area contributed by atoms with Crippen molar-refractivity contribution in [2.24, 2.45) is 5.73 Å². The number of aromatic nitrogens is 4. The van der Waals surface area contributed by atoms with Gasteiger partial charge in [0.2, 0.25) is 6.79 Å². The van der Waals surface area contributed by atoms with Gasteiger partial charge in [-0.05, 0) is 35.4 Å². The monoisotopic (exact) mass is 345 g/mol. The largest absolute Gasteiger partial charge is 0.454 e. The van der Waals surface area contributed by atoms with E-state index in [2.05, 4.69) is 10.1 Å². The van der Waals surface area contributed by atoms with Gasteiger partial charge in [-0.3, -0.25) is 4.98 Å². The summed E-state index contributed by atoms with van der Waals surface area (Å²) in [5.41, 5.74) is 10.6. The van der Waals surface area contributed by atoms with Crippen LogP contribution in [0.3, 0.4) is 0 Å². The van der Waals surface area contributed by atoms with Crippen molar-refractivity contribution >= 4 is 5.65 Å². The Morgan fingerprint density at radius 2 is 2.00 bits per heavy atom. The average molecular weight is 345 g/mol. The quantitative estimate of drug-likeness (QED) is 0.614. The molecule has 1 aromatic carbocycles. The third kappa shape index (κ3) is 2.37. The van der Waals surface area contributed by atoms with Crippen molar-refractivity contribution in [2.45, 2.75) is 6.04 Å². The number of hydrogen-bond acceptors (Lipinski definition) is 6. The molecule has 0 bridgehead atoms. The molecule has 0 radical (unpaired) electrons. The maximum absolute atomic E-state index is 6.37. The summed E-state index contributed by atoms with van der Waals surface area (Å²) < 4.78 is 12.6. The standard InChI is InChI=1S/C19H15N5O2/c20-18(13-2-1-6-21-9-13)15-5-7-24-19(23-15)14(10-22-24)12-3-4-16-17(8-12)26-11-25-16/h1-10,18H,11,20H2. The number of nitrogens with two attached hydrogens (primary N) is 1. The van der Waals surface area contributed by atoms with Crippen LogP contribution in [0.5, 0.6) is 11.5 Å². The van der Waals surface area contributed by atoms with Crippen molar-refractivity contribution in [1.82, 2.24) is 19.6 Å². The van der Waals surface area contributed by atoms with E-state index in [0.29, 0.717) is 0 Å². The molecule has 7 heteroatoms. The van der Waals surface area contributed by atoms with E-state index in [4.69, 9.17) is 20.2 Å². The van der Waals surface area contributed by atoms with E-state index in [9.17, 15) is 0 Å². The van der Waals surface area contributed by atoms with Crippen molar-refractivity contribution in [3.63, 3.8) is 0 Å². The molecule has 0 saturated heterocycles. The lowest BCUT2D eigenvalue weighted by Crippen LogP contribution is -2.14. The van der Waals surface area contributed by atoms with E-state index in [1.807, 2.05) is 42.6 Å². The van der Waals surface area contributed by atoms with Gasteiger partial charge >= 0.3 is 0 Å². The number of fused-ring (bicyclic) bond motifs is 2. The fourth-order valence-corrected chi connectivity index (χ4v) is 3.05. The highest BCUT2D eigenvalue weighted by Crippen LogP contribution is 2.36.